The lowest BCUT2D eigenvalue weighted by Crippen LogP contribution is -2.59. The summed E-state index contributed by atoms with van der Waals surface area (Å²) >= 11 is 0. The molecule has 0 saturated carbocycles. The van der Waals surface area contributed by atoms with Crippen LogP contribution >= 0.6 is 0 Å². The third kappa shape index (κ3) is 8.71. The van der Waals surface area contributed by atoms with E-state index in [0.717, 1.165) is 33.5 Å². The van der Waals surface area contributed by atoms with Crippen LogP contribution in [0.5, 0.6) is 0 Å². The zero-order valence-corrected chi connectivity index (χ0v) is 28.0. The van der Waals surface area contributed by atoms with E-state index in [0.29, 0.717) is 12.0 Å². The number of aryl methyl sites for hydroxylation is 4. The fourth-order valence-corrected chi connectivity index (χ4v) is 5.17. The monoisotopic (exact) mass is 599 g/mol. The standard InChI is InChI=1S/C37H49N3O4/c1-11-37(9,10)40(34(42)30(23-28-18-13-12-14-19-28)38-35(43)44-36(6,7)8)32(29-21-20-24(2)27(5)22-29)33(41)39-31-25(3)16-15-17-26(31)4/h12-22,30,32H,11,23H2,1-10H3,(H,38,43)(H,39,41). The number of carbonyl (C=O) groups is 3. The second kappa shape index (κ2) is 14.1. The van der Waals surface area contributed by atoms with E-state index in [2.05, 4.69) is 10.6 Å². The fraction of sp³-hybridized carbons (Fsp3) is 0.432. The third-order valence-electron chi connectivity index (χ3n) is 8.11. The van der Waals surface area contributed by atoms with Crippen molar-refractivity contribution in [2.24, 2.45) is 0 Å². The van der Waals surface area contributed by atoms with Crippen LogP contribution in [-0.2, 0) is 20.7 Å². The molecule has 0 bridgehead atoms. The first-order valence-corrected chi connectivity index (χ1v) is 15.3. The largest absolute Gasteiger partial charge is 0.444 e. The first kappa shape index (κ1) is 34.4. The molecule has 0 aliphatic carbocycles. The fourth-order valence-electron chi connectivity index (χ4n) is 5.17. The Kier molecular flexibility index (Phi) is 11.0. The Labute approximate surface area is 263 Å². The normalized spacial score (nSPS) is 13.0. The summed E-state index contributed by atoms with van der Waals surface area (Å²) < 4.78 is 5.57. The highest BCUT2D eigenvalue weighted by atomic mass is 16.6. The van der Waals surface area contributed by atoms with E-state index in [1.54, 1.807) is 25.7 Å². The van der Waals surface area contributed by atoms with Gasteiger partial charge in [0.15, 0.2) is 0 Å². The summed E-state index contributed by atoms with van der Waals surface area (Å²) in [5, 5.41) is 6.01. The molecule has 7 heteroatoms. The minimum atomic E-state index is -0.986. The van der Waals surface area contributed by atoms with Crippen LogP contribution < -0.4 is 10.6 Å². The molecule has 0 spiro atoms. The van der Waals surface area contributed by atoms with Gasteiger partial charge in [0.05, 0.1) is 0 Å². The molecule has 0 aliphatic heterocycles. The maximum Gasteiger partial charge on any atom is 0.408 e. The average molecular weight is 600 g/mol. The van der Waals surface area contributed by atoms with Crippen molar-refractivity contribution in [3.8, 4) is 0 Å². The van der Waals surface area contributed by atoms with Gasteiger partial charge >= 0.3 is 6.09 Å². The van der Waals surface area contributed by atoms with E-state index in [1.165, 1.54) is 0 Å². The minimum Gasteiger partial charge on any atom is -0.444 e. The van der Waals surface area contributed by atoms with Gasteiger partial charge in [-0.1, -0.05) is 73.7 Å². The predicted molar refractivity (Wildman–Crippen MR) is 178 cm³/mol. The van der Waals surface area contributed by atoms with Crippen molar-refractivity contribution in [2.75, 3.05) is 5.32 Å². The zero-order chi connectivity index (χ0) is 32.8. The molecule has 0 radical (unpaired) electrons. The van der Waals surface area contributed by atoms with Gasteiger partial charge in [-0.3, -0.25) is 9.59 Å². The van der Waals surface area contributed by atoms with Crippen LogP contribution in [0.15, 0.2) is 66.7 Å². The van der Waals surface area contributed by atoms with Gasteiger partial charge < -0.3 is 20.3 Å². The third-order valence-corrected chi connectivity index (χ3v) is 8.11. The maximum absolute atomic E-state index is 14.9. The topological polar surface area (TPSA) is 87.7 Å². The first-order chi connectivity index (χ1) is 20.5. The number of ether oxygens (including phenoxy) is 1. The Hall–Kier alpha value is -4.13. The number of nitrogens with one attached hydrogen (secondary N) is 2. The number of carbonyl (C=O) groups excluding carboxylic acids is 3. The Bertz CT molecular complexity index is 1450. The van der Waals surface area contributed by atoms with Gasteiger partial charge in [0.25, 0.3) is 5.91 Å². The lowest BCUT2D eigenvalue weighted by Gasteiger charge is -2.44. The summed E-state index contributed by atoms with van der Waals surface area (Å²) in [6.45, 7) is 19.2. The van der Waals surface area contributed by atoms with Crippen LogP contribution in [0.25, 0.3) is 0 Å². The summed E-state index contributed by atoms with van der Waals surface area (Å²) in [6, 6.07) is 19.3. The number of nitrogens with zero attached hydrogens (tertiary/aromatic N) is 1. The van der Waals surface area contributed by atoms with Crippen molar-refractivity contribution in [2.45, 2.75) is 105 Å². The lowest BCUT2D eigenvalue weighted by atomic mass is 9.90. The van der Waals surface area contributed by atoms with Crippen LogP contribution in [0.4, 0.5) is 10.5 Å². The molecule has 3 rings (SSSR count). The summed E-state index contributed by atoms with van der Waals surface area (Å²) in [7, 11) is 0. The number of para-hydroxylation sites is 1. The molecular weight excluding hydrogens is 550 g/mol. The van der Waals surface area contributed by atoms with Crippen molar-refractivity contribution in [3.05, 3.63) is 100 Å². The molecule has 0 heterocycles. The van der Waals surface area contributed by atoms with E-state index < -0.39 is 29.3 Å². The lowest BCUT2D eigenvalue weighted by molar-refractivity contribution is -0.147. The molecule has 7 nitrogen and oxygen atoms in total. The van der Waals surface area contributed by atoms with Crippen LogP contribution in [0.3, 0.4) is 0 Å². The number of hydrogen-bond donors (Lipinski definition) is 2. The zero-order valence-electron chi connectivity index (χ0n) is 28.0. The molecule has 0 aliphatic rings. The SMILES string of the molecule is CCC(C)(C)N(C(=O)C(Cc1ccccc1)NC(=O)OC(C)(C)C)C(C(=O)Nc1c(C)cccc1C)c1ccc(C)c(C)c1. The Morgan fingerprint density at radius 1 is 0.795 bits per heavy atom. The van der Waals surface area contributed by atoms with Crippen LogP contribution in [0.1, 0.15) is 87.4 Å². The van der Waals surface area contributed by atoms with Crippen LogP contribution in [-0.4, -0.2) is 40.0 Å². The van der Waals surface area contributed by atoms with Gasteiger partial charge in [-0.2, -0.15) is 0 Å². The van der Waals surface area contributed by atoms with Gasteiger partial charge in [0.2, 0.25) is 5.91 Å². The number of amides is 3. The smallest absolute Gasteiger partial charge is 0.408 e. The van der Waals surface area contributed by atoms with E-state index in [9.17, 15) is 14.4 Å². The molecule has 3 aromatic rings. The molecular formula is C37H49N3O4. The molecule has 2 atom stereocenters. The first-order valence-electron chi connectivity index (χ1n) is 15.3. The second-order valence-corrected chi connectivity index (χ2v) is 13.3. The Morgan fingerprint density at radius 2 is 1.41 bits per heavy atom. The molecule has 0 aromatic heterocycles. The summed E-state index contributed by atoms with van der Waals surface area (Å²) in [5.41, 5.74) is 4.74. The van der Waals surface area contributed by atoms with E-state index in [-0.39, 0.29) is 18.2 Å². The van der Waals surface area contributed by atoms with E-state index >= 15 is 0 Å². The number of rotatable bonds is 10. The van der Waals surface area contributed by atoms with Gasteiger partial charge in [-0.05, 0) is 102 Å². The van der Waals surface area contributed by atoms with Crippen LogP contribution in [0.2, 0.25) is 0 Å². The van der Waals surface area contributed by atoms with Crippen molar-refractivity contribution in [3.63, 3.8) is 0 Å². The van der Waals surface area contributed by atoms with Gasteiger partial charge in [0.1, 0.15) is 17.7 Å². The van der Waals surface area contributed by atoms with Crippen molar-refractivity contribution < 1.29 is 19.1 Å². The maximum atomic E-state index is 14.9. The van der Waals surface area contributed by atoms with Gasteiger partial charge in [-0.25, -0.2) is 4.79 Å². The van der Waals surface area contributed by atoms with Crippen LogP contribution in [0, 0.1) is 27.7 Å². The molecule has 0 fully saturated rings. The predicted octanol–water partition coefficient (Wildman–Crippen LogP) is 7.75. The average Bonchev–Trinajstić information content (AvgIpc) is 2.94. The molecule has 2 N–H and O–H groups in total. The number of anilines is 1. The Morgan fingerprint density at radius 3 is 1.95 bits per heavy atom. The van der Waals surface area contributed by atoms with Crippen molar-refractivity contribution in [1.29, 1.82) is 0 Å². The molecule has 2 unspecified atom stereocenters. The number of hydrogen-bond acceptors (Lipinski definition) is 4. The van der Waals surface area contributed by atoms with E-state index in [1.807, 2.05) is 115 Å². The Balaban J connectivity index is 2.19. The minimum absolute atomic E-state index is 0.230. The number of alkyl carbamates (subject to hydrolysis) is 1. The molecule has 0 saturated heterocycles. The second-order valence-electron chi connectivity index (χ2n) is 13.3. The van der Waals surface area contributed by atoms with Crippen molar-refractivity contribution >= 4 is 23.6 Å². The highest BCUT2D eigenvalue weighted by Crippen LogP contribution is 2.35. The van der Waals surface area contributed by atoms with E-state index in [4.69, 9.17) is 4.74 Å². The van der Waals surface area contributed by atoms with Gasteiger partial charge in [-0.15, -0.1) is 0 Å². The molecule has 236 valence electrons. The summed E-state index contributed by atoms with van der Waals surface area (Å²) in [5.74, 6) is -0.692. The highest BCUT2D eigenvalue weighted by Gasteiger charge is 2.43. The summed E-state index contributed by atoms with van der Waals surface area (Å²) in [4.78, 5) is 44.1. The molecule has 3 aromatic carbocycles. The van der Waals surface area contributed by atoms with Gasteiger partial charge in [0, 0.05) is 17.6 Å². The number of benzene rings is 3. The van der Waals surface area contributed by atoms with Crippen molar-refractivity contribution in [1.82, 2.24) is 10.2 Å². The highest BCUT2D eigenvalue weighted by molar-refractivity contribution is 6.00. The summed E-state index contributed by atoms with van der Waals surface area (Å²) in [6.07, 6.45) is 0.109. The molecule has 3 amide bonds. The molecule has 44 heavy (non-hydrogen) atoms. The quantitative estimate of drug-likeness (QED) is 0.249.